The van der Waals surface area contributed by atoms with E-state index in [1.807, 2.05) is 6.92 Å². The van der Waals surface area contributed by atoms with Crippen LogP contribution in [0, 0.1) is 0 Å². The fraction of sp³-hybridized carbons (Fsp3) is 0.643. The Bertz CT molecular complexity index is 628. The Morgan fingerprint density at radius 3 is 2.08 bits per heavy atom. The van der Waals surface area contributed by atoms with Crippen LogP contribution in [-0.2, 0) is 39.8 Å². The largest absolute Gasteiger partial charge is 0.455 e. The maximum absolute atomic E-state index is 11.4. The maximum atomic E-state index is 11.4. The standard InChI is InChI=1S/C14H18N2O8/c1-5-9-15-13(24-16-9)11-10(20-6(2)17)12(21-7(3)18)14(23-11)22-8(4)19/h10-12,14H,5H2,1-4H3/t10-,11-,12+,14+/m0/s1. The number of esters is 3. The second kappa shape index (κ2) is 7.39. The zero-order valence-electron chi connectivity index (χ0n) is 13.7. The topological polar surface area (TPSA) is 127 Å². The first kappa shape index (κ1) is 17.9. The predicted molar refractivity (Wildman–Crippen MR) is 74.2 cm³/mol. The molecule has 10 nitrogen and oxygen atoms in total. The van der Waals surface area contributed by atoms with E-state index >= 15 is 0 Å². The van der Waals surface area contributed by atoms with E-state index in [0.29, 0.717) is 12.2 Å². The lowest BCUT2D eigenvalue weighted by Crippen LogP contribution is -2.39. The third-order valence-corrected chi connectivity index (χ3v) is 3.10. The van der Waals surface area contributed by atoms with E-state index in [4.69, 9.17) is 23.5 Å². The van der Waals surface area contributed by atoms with Crippen molar-refractivity contribution in [1.29, 1.82) is 0 Å². The van der Waals surface area contributed by atoms with Crippen molar-refractivity contribution in [2.24, 2.45) is 0 Å². The molecule has 1 aliphatic rings. The fourth-order valence-electron chi connectivity index (χ4n) is 2.25. The summed E-state index contributed by atoms with van der Waals surface area (Å²) in [5, 5.41) is 3.74. The molecule has 2 heterocycles. The Morgan fingerprint density at radius 2 is 1.58 bits per heavy atom. The van der Waals surface area contributed by atoms with Gasteiger partial charge in [0, 0.05) is 27.2 Å². The highest BCUT2D eigenvalue weighted by Crippen LogP contribution is 2.37. The molecular weight excluding hydrogens is 324 g/mol. The van der Waals surface area contributed by atoms with E-state index in [2.05, 4.69) is 10.1 Å². The van der Waals surface area contributed by atoms with Gasteiger partial charge in [-0.3, -0.25) is 14.4 Å². The Balaban J connectivity index is 2.34. The molecule has 132 valence electrons. The Morgan fingerprint density at radius 1 is 1.00 bits per heavy atom. The number of carbonyl (C=O) groups is 3. The minimum atomic E-state index is -1.27. The lowest BCUT2D eigenvalue weighted by molar-refractivity contribution is -0.196. The van der Waals surface area contributed by atoms with Gasteiger partial charge in [0.25, 0.3) is 5.89 Å². The highest BCUT2D eigenvalue weighted by Gasteiger charge is 2.53. The molecule has 1 saturated heterocycles. The van der Waals surface area contributed by atoms with Crippen molar-refractivity contribution in [2.45, 2.75) is 58.7 Å². The number of hydrogen-bond donors (Lipinski definition) is 0. The van der Waals surface area contributed by atoms with Crippen LogP contribution in [0.3, 0.4) is 0 Å². The van der Waals surface area contributed by atoms with Gasteiger partial charge in [-0.1, -0.05) is 12.1 Å². The van der Waals surface area contributed by atoms with Gasteiger partial charge in [-0.2, -0.15) is 4.98 Å². The van der Waals surface area contributed by atoms with Crippen molar-refractivity contribution in [3.8, 4) is 0 Å². The summed E-state index contributed by atoms with van der Waals surface area (Å²) in [6, 6.07) is 0. The van der Waals surface area contributed by atoms with Crippen LogP contribution < -0.4 is 0 Å². The van der Waals surface area contributed by atoms with E-state index in [9.17, 15) is 14.4 Å². The molecule has 0 N–H and O–H groups in total. The van der Waals surface area contributed by atoms with Gasteiger partial charge in [-0.15, -0.1) is 0 Å². The number of nitrogens with zero attached hydrogens (tertiary/aromatic N) is 2. The molecule has 0 radical (unpaired) electrons. The Labute approximate surface area is 137 Å². The molecule has 1 fully saturated rings. The van der Waals surface area contributed by atoms with E-state index < -0.39 is 42.5 Å². The minimum Gasteiger partial charge on any atom is -0.455 e. The average Bonchev–Trinajstić information content (AvgIpc) is 3.05. The van der Waals surface area contributed by atoms with Crippen LogP contribution in [0.15, 0.2) is 4.52 Å². The molecule has 1 aromatic rings. The van der Waals surface area contributed by atoms with E-state index in [1.54, 1.807) is 0 Å². The summed E-state index contributed by atoms with van der Waals surface area (Å²) in [6.45, 7) is 5.36. The predicted octanol–water partition coefficient (Wildman–Crippen LogP) is 0.456. The number of ether oxygens (including phenoxy) is 4. The zero-order chi connectivity index (χ0) is 17.9. The van der Waals surface area contributed by atoms with Crippen LogP contribution >= 0.6 is 0 Å². The summed E-state index contributed by atoms with van der Waals surface area (Å²) < 4.78 is 26.0. The van der Waals surface area contributed by atoms with Crippen LogP contribution in [0.25, 0.3) is 0 Å². The van der Waals surface area contributed by atoms with Gasteiger partial charge < -0.3 is 23.5 Å². The molecule has 0 aliphatic carbocycles. The molecule has 2 rings (SSSR count). The first-order chi connectivity index (χ1) is 11.3. The van der Waals surface area contributed by atoms with Crippen molar-refractivity contribution < 1.29 is 37.9 Å². The number of hydrogen-bond acceptors (Lipinski definition) is 10. The van der Waals surface area contributed by atoms with Gasteiger partial charge in [-0.25, -0.2) is 0 Å². The summed E-state index contributed by atoms with van der Waals surface area (Å²) in [5.41, 5.74) is 0. The smallest absolute Gasteiger partial charge is 0.305 e. The highest BCUT2D eigenvalue weighted by molar-refractivity contribution is 5.68. The molecule has 24 heavy (non-hydrogen) atoms. The zero-order valence-corrected chi connectivity index (χ0v) is 13.7. The molecule has 10 heteroatoms. The molecule has 0 spiro atoms. The van der Waals surface area contributed by atoms with Crippen LogP contribution in [0.1, 0.15) is 45.5 Å². The van der Waals surface area contributed by atoms with Gasteiger partial charge >= 0.3 is 17.9 Å². The van der Waals surface area contributed by atoms with Crippen molar-refractivity contribution in [3.63, 3.8) is 0 Å². The third kappa shape index (κ3) is 4.07. The van der Waals surface area contributed by atoms with Crippen molar-refractivity contribution in [1.82, 2.24) is 10.1 Å². The number of aromatic nitrogens is 2. The molecular formula is C14H18N2O8. The Hall–Kier alpha value is -2.49. The summed E-state index contributed by atoms with van der Waals surface area (Å²) in [6.07, 6.45) is -4.03. The molecule has 0 saturated carbocycles. The number of rotatable bonds is 5. The average molecular weight is 342 g/mol. The summed E-state index contributed by atoms with van der Waals surface area (Å²) in [5.74, 6) is -1.48. The van der Waals surface area contributed by atoms with Gasteiger partial charge in [-0.05, 0) is 0 Å². The lowest BCUT2D eigenvalue weighted by atomic mass is 10.1. The monoisotopic (exact) mass is 342 g/mol. The van der Waals surface area contributed by atoms with E-state index in [0.717, 1.165) is 0 Å². The van der Waals surface area contributed by atoms with Gasteiger partial charge in [0.2, 0.25) is 12.4 Å². The lowest BCUT2D eigenvalue weighted by Gasteiger charge is -2.21. The van der Waals surface area contributed by atoms with Gasteiger partial charge in [0.15, 0.2) is 18.0 Å². The molecule has 1 aliphatic heterocycles. The molecule has 4 atom stereocenters. The maximum Gasteiger partial charge on any atom is 0.305 e. The molecule has 0 amide bonds. The second-order valence-corrected chi connectivity index (χ2v) is 5.08. The fourth-order valence-corrected chi connectivity index (χ4v) is 2.25. The molecule has 1 aromatic heterocycles. The van der Waals surface area contributed by atoms with Crippen LogP contribution in [0.2, 0.25) is 0 Å². The summed E-state index contributed by atoms with van der Waals surface area (Å²) in [4.78, 5) is 38.1. The van der Waals surface area contributed by atoms with Crippen LogP contribution in [-0.4, -0.2) is 46.5 Å². The number of carbonyl (C=O) groups excluding carboxylic acids is 3. The minimum absolute atomic E-state index is 0.0323. The first-order valence-electron chi connectivity index (χ1n) is 7.31. The third-order valence-electron chi connectivity index (χ3n) is 3.10. The summed E-state index contributed by atoms with van der Waals surface area (Å²) >= 11 is 0. The quantitative estimate of drug-likeness (QED) is 0.549. The molecule has 0 unspecified atom stereocenters. The SMILES string of the molecule is CCc1noc([C@H]2O[C@@H](OC(C)=O)[C@H](OC(C)=O)[C@H]2OC(C)=O)n1. The normalized spacial score (nSPS) is 26.0. The highest BCUT2D eigenvalue weighted by atomic mass is 16.7. The first-order valence-corrected chi connectivity index (χ1v) is 7.31. The van der Waals surface area contributed by atoms with Crippen LogP contribution in [0.5, 0.6) is 0 Å². The number of aryl methyl sites for hydroxylation is 1. The van der Waals surface area contributed by atoms with Crippen molar-refractivity contribution in [2.75, 3.05) is 0 Å². The van der Waals surface area contributed by atoms with Gasteiger partial charge in [0.05, 0.1) is 0 Å². The van der Waals surface area contributed by atoms with E-state index in [1.165, 1.54) is 20.8 Å². The molecule has 0 aromatic carbocycles. The van der Waals surface area contributed by atoms with Gasteiger partial charge in [0.1, 0.15) is 0 Å². The van der Waals surface area contributed by atoms with Crippen molar-refractivity contribution >= 4 is 17.9 Å². The van der Waals surface area contributed by atoms with E-state index in [-0.39, 0.29) is 5.89 Å². The summed E-state index contributed by atoms with van der Waals surface area (Å²) in [7, 11) is 0. The van der Waals surface area contributed by atoms with Crippen molar-refractivity contribution in [3.05, 3.63) is 11.7 Å². The van der Waals surface area contributed by atoms with Crippen LogP contribution in [0.4, 0.5) is 0 Å². The Kier molecular flexibility index (Phi) is 5.50. The second-order valence-electron chi connectivity index (χ2n) is 5.08. The molecule has 0 bridgehead atoms.